The van der Waals surface area contributed by atoms with Crippen molar-refractivity contribution in [2.24, 2.45) is 0 Å². The molecule has 2 fully saturated rings. The maximum absolute atomic E-state index is 5.76. The Morgan fingerprint density at radius 1 is 1.18 bits per heavy atom. The molecule has 17 heavy (non-hydrogen) atoms. The molecule has 94 valence electrons. The first-order valence-electron chi connectivity index (χ1n) is 6.40. The summed E-state index contributed by atoms with van der Waals surface area (Å²) in [5.74, 6) is 0.378. The van der Waals surface area contributed by atoms with Gasteiger partial charge in [-0.25, -0.2) is 4.98 Å². The van der Waals surface area contributed by atoms with Crippen LogP contribution in [0.15, 0.2) is 0 Å². The Bertz CT molecular complexity index is 380. The first-order valence-corrected chi connectivity index (χ1v) is 7.22. The van der Waals surface area contributed by atoms with E-state index in [1.165, 1.54) is 15.6 Å². The van der Waals surface area contributed by atoms with Crippen LogP contribution >= 0.6 is 11.3 Å². The van der Waals surface area contributed by atoms with Crippen molar-refractivity contribution in [3.63, 3.8) is 0 Å². The molecule has 0 bridgehead atoms. The molecule has 0 N–H and O–H groups in total. The summed E-state index contributed by atoms with van der Waals surface area (Å²) >= 11 is 1.86. The first-order chi connectivity index (χ1) is 8.19. The predicted molar refractivity (Wildman–Crippen MR) is 67.4 cm³/mol. The molecule has 1 saturated heterocycles. The van der Waals surface area contributed by atoms with Crippen LogP contribution in [-0.4, -0.2) is 24.0 Å². The van der Waals surface area contributed by atoms with Crippen LogP contribution in [0.2, 0.25) is 0 Å². The number of ether oxygens (including phenoxy) is 2. The summed E-state index contributed by atoms with van der Waals surface area (Å²) < 4.78 is 11.5. The second kappa shape index (κ2) is 4.34. The fourth-order valence-electron chi connectivity index (χ4n) is 2.76. The van der Waals surface area contributed by atoms with Crippen LogP contribution in [-0.2, 0) is 9.47 Å². The molecule has 3 rings (SSSR count). The zero-order valence-corrected chi connectivity index (χ0v) is 11.3. The van der Waals surface area contributed by atoms with Crippen molar-refractivity contribution in [1.29, 1.82) is 0 Å². The minimum atomic E-state index is -0.238. The van der Waals surface area contributed by atoms with E-state index >= 15 is 0 Å². The Hall–Kier alpha value is -0.450. The van der Waals surface area contributed by atoms with E-state index in [-0.39, 0.29) is 5.79 Å². The Kier molecular flexibility index (Phi) is 2.97. The van der Waals surface area contributed by atoms with E-state index < -0.39 is 0 Å². The van der Waals surface area contributed by atoms with Crippen molar-refractivity contribution < 1.29 is 9.47 Å². The molecule has 0 atom stereocenters. The second-order valence-electron chi connectivity index (χ2n) is 5.08. The van der Waals surface area contributed by atoms with E-state index in [0.717, 1.165) is 38.9 Å². The van der Waals surface area contributed by atoms with E-state index in [9.17, 15) is 0 Å². The van der Waals surface area contributed by atoms with Gasteiger partial charge >= 0.3 is 0 Å². The van der Waals surface area contributed by atoms with Crippen LogP contribution in [0.25, 0.3) is 0 Å². The van der Waals surface area contributed by atoms with Gasteiger partial charge in [0.1, 0.15) is 0 Å². The van der Waals surface area contributed by atoms with Gasteiger partial charge in [0.2, 0.25) is 0 Å². The summed E-state index contributed by atoms with van der Waals surface area (Å²) in [5, 5.41) is 1.31. The van der Waals surface area contributed by atoms with Crippen molar-refractivity contribution in [1.82, 2.24) is 4.98 Å². The molecule has 2 heterocycles. The normalized spacial score (nSPS) is 24.6. The molecule has 1 aliphatic carbocycles. The highest BCUT2D eigenvalue weighted by Gasteiger charge is 2.41. The van der Waals surface area contributed by atoms with Crippen LogP contribution in [0.3, 0.4) is 0 Å². The number of aromatic nitrogens is 1. The quantitative estimate of drug-likeness (QED) is 0.770. The van der Waals surface area contributed by atoms with Crippen LogP contribution in [0.5, 0.6) is 0 Å². The zero-order valence-electron chi connectivity index (χ0n) is 10.5. The standard InChI is InChI=1S/C13H19NO2S/c1-9-10(2)17-12(14-9)11-3-5-13(6-4-11)15-7-8-16-13/h11H,3-8H2,1-2H3. The second-order valence-corrected chi connectivity index (χ2v) is 6.31. The molecule has 2 aliphatic rings. The summed E-state index contributed by atoms with van der Waals surface area (Å²) in [5.41, 5.74) is 1.19. The van der Waals surface area contributed by atoms with Crippen molar-refractivity contribution in [3.8, 4) is 0 Å². The van der Waals surface area contributed by atoms with Crippen LogP contribution < -0.4 is 0 Å². The fraction of sp³-hybridized carbons (Fsp3) is 0.769. The van der Waals surface area contributed by atoms with Crippen LogP contribution in [0.1, 0.15) is 47.2 Å². The van der Waals surface area contributed by atoms with Gasteiger partial charge < -0.3 is 9.47 Å². The van der Waals surface area contributed by atoms with Crippen molar-refractivity contribution in [3.05, 3.63) is 15.6 Å². The molecular formula is C13H19NO2S. The number of hydrogen-bond donors (Lipinski definition) is 0. The fourth-order valence-corrected chi connectivity index (χ4v) is 3.85. The van der Waals surface area contributed by atoms with Crippen molar-refractivity contribution in [2.75, 3.05) is 13.2 Å². The first kappa shape index (κ1) is 11.6. The van der Waals surface area contributed by atoms with Gasteiger partial charge in [-0.3, -0.25) is 0 Å². The monoisotopic (exact) mass is 253 g/mol. The molecule has 0 amide bonds. The molecule has 1 aromatic heterocycles. The maximum Gasteiger partial charge on any atom is 0.168 e. The van der Waals surface area contributed by atoms with Crippen molar-refractivity contribution in [2.45, 2.75) is 51.2 Å². The van der Waals surface area contributed by atoms with Gasteiger partial charge in [0.05, 0.1) is 23.9 Å². The number of nitrogens with zero attached hydrogens (tertiary/aromatic N) is 1. The lowest BCUT2D eigenvalue weighted by atomic mass is 9.85. The lowest BCUT2D eigenvalue weighted by Crippen LogP contribution is -2.34. The Balaban J connectivity index is 1.68. The van der Waals surface area contributed by atoms with Crippen LogP contribution in [0, 0.1) is 13.8 Å². The number of rotatable bonds is 1. The smallest absolute Gasteiger partial charge is 0.168 e. The van der Waals surface area contributed by atoms with E-state index in [2.05, 4.69) is 18.8 Å². The number of aryl methyl sites for hydroxylation is 2. The summed E-state index contributed by atoms with van der Waals surface area (Å²) in [4.78, 5) is 6.04. The average molecular weight is 253 g/mol. The Labute approximate surface area is 106 Å². The Morgan fingerprint density at radius 2 is 1.82 bits per heavy atom. The van der Waals surface area contributed by atoms with Crippen LogP contribution in [0.4, 0.5) is 0 Å². The third-order valence-electron chi connectivity index (χ3n) is 3.96. The third-order valence-corrected chi connectivity index (χ3v) is 5.19. The van der Waals surface area contributed by atoms with Gasteiger partial charge in [-0.15, -0.1) is 11.3 Å². The van der Waals surface area contributed by atoms with Gasteiger partial charge in [0, 0.05) is 23.6 Å². The molecule has 0 aromatic carbocycles. The average Bonchev–Trinajstić information content (AvgIpc) is 2.90. The van der Waals surface area contributed by atoms with Crippen molar-refractivity contribution >= 4 is 11.3 Å². The molecular weight excluding hydrogens is 234 g/mol. The SMILES string of the molecule is Cc1nc(C2CCC3(CC2)OCCO3)sc1C. The van der Waals surface area contributed by atoms with Gasteiger partial charge in [-0.2, -0.15) is 0 Å². The zero-order chi connectivity index (χ0) is 11.9. The lowest BCUT2D eigenvalue weighted by molar-refractivity contribution is -0.178. The molecule has 0 radical (unpaired) electrons. The highest BCUT2D eigenvalue weighted by Crippen LogP contribution is 2.43. The van der Waals surface area contributed by atoms with E-state index in [4.69, 9.17) is 9.47 Å². The van der Waals surface area contributed by atoms with Gasteiger partial charge in [-0.05, 0) is 26.7 Å². The topological polar surface area (TPSA) is 31.4 Å². The highest BCUT2D eigenvalue weighted by molar-refractivity contribution is 7.11. The largest absolute Gasteiger partial charge is 0.348 e. The summed E-state index contributed by atoms with van der Waals surface area (Å²) in [6.07, 6.45) is 4.34. The minimum absolute atomic E-state index is 0.238. The van der Waals surface area contributed by atoms with E-state index in [0.29, 0.717) is 5.92 Å². The number of thiazole rings is 1. The van der Waals surface area contributed by atoms with Gasteiger partial charge in [-0.1, -0.05) is 0 Å². The summed E-state index contributed by atoms with van der Waals surface area (Å²) in [6.45, 7) is 5.78. The minimum Gasteiger partial charge on any atom is -0.348 e. The molecule has 4 heteroatoms. The Morgan fingerprint density at radius 3 is 2.35 bits per heavy atom. The molecule has 0 unspecified atom stereocenters. The molecule has 1 aromatic rings. The van der Waals surface area contributed by atoms with E-state index in [1.54, 1.807) is 0 Å². The predicted octanol–water partition coefficient (Wildman–Crippen LogP) is 3.16. The van der Waals surface area contributed by atoms with Gasteiger partial charge in [0.15, 0.2) is 5.79 Å². The van der Waals surface area contributed by atoms with Gasteiger partial charge in [0.25, 0.3) is 0 Å². The summed E-state index contributed by atoms with van der Waals surface area (Å²) in [6, 6.07) is 0. The summed E-state index contributed by atoms with van der Waals surface area (Å²) in [7, 11) is 0. The maximum atomic E-state index is 5.76. The number of hydrogen-bond acceptors (Lipinski definition) is 4. The molecule has 3 nitrogen and oxygen atoms in total. The third kappa shape index (κ3) is 2.14. The molecule has 1 spiro atoms. The van der Waals surface area contributed by atoms with E-state index in [1.807, 2.05) is 11.3 Å². The highest BCUT2D eigenvalue weighted by atomic mass is 32.1. The molecule has 1 saturated carbocycles. The molecule has 1 aliphatic heterocycles. The lowest BCUT2D eigenvalue weighted by Gasteiger charge is -2.34.